The van der Waals surface area contributed by atoms with Crippen molar-refractivity contribution in [1.29, 1.82) is 0 Å². The minimum atomic E-state index is -0.619. The van der Waals surface area contributed by atoms with E-state index in [9.17, 15) is 14.7 Å². The van der Waals surface area contributed by atoms with Crippen molar-refractivity contribution in [3.05, 3.63) is 62.3 Å². The lowest BCUT2D eigenvalue weighted by molar-refractivity contribution is 0.394. The van der Waals surface area contributed by atoms with E-state index in [4.69, 9.17) is 0 Å². The largest absolute Gasteiger partial charge is 0.494 e. The van der Waals surface area contributed by atoms with Crippen molar-refractivity contribution in [2.24, 2.45) is 4.99 Å². The first-order chi connectivity index (χ1) is 11.5. The number of nitrogens with one attached hydrogen (secondary N) is 1. The molecule has 1 aromatic heterocycles. The average Bonchev–Trinajstić information content (AvgIpc) is 2.55. The molecule has 24 heavy (non-hydrogen) atoms. The molecule has 0 bridgehead atoms. The summed E-state index contributed by atoms with van der Waals surface area (Å²) < 4.78 is 1.19. The quantitative estimate of drug-likeness (QED) is 0.799. The third kappa shape index (κ3) is 3.82. The first kappa shape index (κ1) is 17.7. The fourth-order valence-corrected chi connectivity index (χ4v) is 2.57. The van der Waals surface area contributed by atoms with Gasteiger partial charge in [0.15, 0.2) is 0 Å². The molecule has 1 aromatic carbocycles. The number of H-pyrrole nitrogens is 1. The predicted octanol–water partition coefficient (Wildman–Crippen LogP) is 2.61. The molecular weight excluding hydrogens is 306 g/mol. The lowest BCUT2D eigenvalue weighted by Gasteiger charge is -2.12. The van der Waals surface area contributed by atoms with Gasteiger partial charge >= 0.3 is 5.69 Å². The van der Waals surface area contributed by atoms with E-state index in [0.717, 1.165) is 18.4 Å². The molecule has 0 saturated carbocycles. The van der Waals surface area contributed by atoms with Crippen LogP contribution in [-0.2, 0) is 6.54 Å². The number of aromatic amines is 1. The van der Waals surface area contributed by atoms with Gasteiger partial charge in [-0.05, 0) is 25.8 Å². The van der Waals surface area contributed by atoms with E-state index >= 15 is 0 Å². The fraction of sp³-hybridized carbons (Fsp3) is 0.389. The maximum atomic E-state index is 12.1. The zero-order valence-electron chi connectivity index (χ0n) is 14.2. The standard InChI is InChI=1S/C18H23N3O3/c1-4-5-11-21-17(23)15(16(22)20-18(21)24)13(3)19-12(2)14-9-7-6-8-10-14/h6-10,12,23H,4-5,11H2,1-3H3,(H,20,22,24)/t12-/m0/s1. The molecule has 1 heterocycles. The summed E-state index contributed by atoms with van der Waals surface area (Å²) in [6.45, 7) is 5.92. The maximum Gasteiger partial charge on any atom is 0.331 e. The second kappa shape index (κ2) is 7.77. The molecule has 0 spiro atoms. The minimum Gasteiger partial charge on any atom is -0.494 e. The van der Waals surface area contributed by atoms with Gasteiger partial charge in [0.1, 0.15) is 5.56 Å². The number of hydrogen-bond donors (Lipinski definition) is 2. The summed E-state index contributed by atoms with van der Waals surface area (Å²) in [5.74, 6) is -0.321. The van der Waals surface area contributed by atoms with E-state index in [1.165, 1.54) is 4.57 Å². The van der Waals surface area contributed by atoms with Crippen molar-refractivity contribution in [2.75, 3.05) is 0 Å². The second-order valence-corrected chi connectivity index (χ2v) is 5.76. The Balaban J connectivity index is 2.45. The average molecular weight is 329 g/mol. The van der Waals surface area contributed by atoms with Crippen molar-refractivity contribution >= 4 is 5.71 Å². The number of rotatable bonds is 6. The van der Waals surface area contributed by atoms with E-state index in [1.807, 2.05) is 44.2 Å². The van der Waals surface area contributed by atoms with Crippen LogP contribution in [0.2, 0.25) is 0 Å². The Morgan fingerprint density at radius 2 is 1.96 bits per heavy atom. The van der Waals surface area contributed by atoms with Crippen LogP contribution in [0.5, 0.6) is 5.88 Å². The van der Waals surface area contributed by atoms with Gasteiger partial charge in [-0.25, -0.2) is 4.79 Å². The number of hydrogen-bond acceptors (Lipinski definition) is 4. The number of aromatic nitrogens is 2. The second-order valence-electron chi connectivity index (χ2n) is 5.76. The summed E-state index contributed by atoms with van der Waals surface area (Å²) >= 11 is 0. The molecule has 6 heteroatoms. The van der Waals surface area contributed by atoms with Crippen LogP contribution in [0.1, 0.15) is 50.8 Å². The van der Waals surface area contributed by atoms with Gasteiger partial charge in [0, 0.05) is 6.54 Å². The van der Waals surface area contributed by atoms with Gasteiger partial charge in [-0.3, -0.25) is 19.3 Å². The topological polar surface area (TPSA) is 87.4 Å². The predicted molar refractivity (Wildman–Crippen MR) is 95.0 cm³/mol. The van der Waals surface area contributed by atoms with Crippen LogP contribution in [0.4, 0.5) is 0 Å². The molecule has 1 atom stereocenters. The molecule has 128 valence electrons. The smallest absolute Gasteiger partial charge is 0.331 e. The van der Waals surface area contributed by atoms with Gasteiger partial charge < -0.3 is 5.11 Å². The normalized spacial score (nSPS) is 13.0. The van der Waals surface area contributed by atoms with Crippen molar-refractivity contribution in [2.45, 2.75) is 46.2 Å². The molecule has 0 aliphatic rings. The van der Waals surface area contributed by atoms with Crippen LogP contribution in [0.3, 0.4) is 0 Å². The van der Waals surface area contributed by atoms with Crippen molar-refractivity contribution < 1.29 is 5.11 Å². The zero-order chi connectivity index (χ0) is 17.7. The Labute approximate surface area is 140 Å². The Morgan fingerprint density at radius 1 is 1.29 bits per heavy atom. The third-order valence-electron chi connectivity index (χ3n) is 3.94. The van der Waals surface area contributed by atoms with Gasteiger partial charge in [0.2, 0.25) is 5.88 Å². The van der Waals surface area contributed by atoms with E-state index in [0.29, 0.717) is 12.3 Å². The number of aromatic hydroxyl groups is 1. The molecule has 0 unspecified atom stereocenters. The van der Waals surface area contributed by atoms with E-state index in [1.54, 1.807) is 6.92 Å². The first-order valence-electron chi connectivity index (χ1n) is 8.11. The van der Waals surface area contributed by atoms with Crippen molar-refractivity contribution in [3.63, 3.8) is 0 Å². The summed E-state index contributed by atoms with van der Waals surface area (Å²) in [6.07, 6.45) is 1.61. The lowest BCUT2D eigenvalue weighted by atomic mass is 10.1. The van der Waals surface area contributed by atoms with Crippen LogP contribution in [-0.4, -0.2) is 20.4 Å². The summed E-state index contributed by atoms with van der Waals surface area (Å²) in [7, 11) is 0. The highest BCUT2D eigenvalue weighted by molar-refractivity contribution is 6.00. The molecule has 0 aliphatic heterocycles. The van der Waals surface area contributed by atoms with Gasteiger partial charge in [-0.1, -0.05) is 43.7 Å². The Morgan fingerprint density at radius 3 is 2.58 bits per heavy atom. The van der Waals surface area contributed by atoms with Gasteiger partial charge in [-0.2, -0.15) is 0 Å². The van der Waals surface area contributed by atoms with E-state index in [-0.39, 0.29) is 17.5 Å². The fourth-order valence-electron chi connectivity index (χ4n) is 2.57. The number of unbranched alkanes of at least 4 members (excludes halogenated alkanes) is 1. The highest BCUT2D eigenvalue weighted by Crippen LogP contribution is 2.19. The SMILES string of the molecule is CCCCn1c(O)c(C(C)=N[C@@H](C)c2ccccc2)c(=O)[nH]c1=O. The summed E-state index contributed by atoms with van der Waals surface area (Å²) in [5.41, 5.74) is 0.237. The molecule has 0 fully saturated rings. The van der Waals surface area contributed by atoms with E-state index < -0.39 is 11.2 Å². The maximum absolute atomic E-state index is 12.1. The molecule has 0 radical (unpaired) electrons. The van der Waals surface area contributed by atoms with Gasteiger partial charge in [0.25, 0.3) is 5.56 Å². The monoisotopic (exact) mass is 329 g/mol. The Hall–Kier alpha value is -2.63. The summed E-state index contributed by atoms with van der Waals surface area (Å²) in [6, 6.07) is 9.51. The number of nitrogens with zero attached hydrogens (tertiary/aromatic N) is 2. The molecule has 0 saturated heterocycles. The van der Waals surface area contributed by atoms with Crippen LogP contribution in [0.15, 0.2) is 44.9 Å². The lowest BCUT2D eigenvalue weighted by Crippen LogP contribution is -2.33. The summed E-state index contributed by atoms with van der Waals surface area (Å²) in [4.78, 5) is 30.8. The molecule has 6 nitrogen and oxygen atoms in total. The van der Waals surface area contributed by atoms with Gasteiger partial charge in [0.05, 0.1) is 11.8 Å². The molecular formula is C18H23N3O3. The minimum absolute atomic E-state index is 0.0495. The third-order valence-corrected chi connectivity index (χ3v) is 3.94. The van der Waals surface area contributed by atoms with Crippen LogP contribution < -0.4 is 11.2 Å². The Bertz CT molecular complexity index is 835. The number of benzene rings is 1. The van der Waals surface area contributed by atoms with E-state index in [2.05, 4.69) is 9.98 Å². The van der Waals surface area contributed by atoms with Crippen molar-refractivity contribution in [1.82, 2.24) is 9.55 Å². The van der Waals surface area contributed by atoms with Crippen molar-refractivity contribution in [3.8, 4) is 5.88 Å². The Kier molecular flexibility index (Phi) is 5.73. The summed E-state index contributed by atoms with van der Waals surface area (Å²) in [5, 5.41) is 10.4. The van der Waals surface area contributed by atoms with Crippen LogP contribution in [0.25, 0.3) is 0 Å². The van der Waals surface area contributed by atoms with Gasteiger partial charge in [-0.15, -0.1) is 0 Å². The molecule has 0 aliphatic carbocycles. The molecule has 2 N–H and O–H groups in total. The molecule has 2 rings (SSSR count). The highest BCUT2D eigenvalue weighted by Gasteiger charge is 2.17. The highest BCUT2D eigenvalue weighted by atomic mass is 16.3. The number of aliphatic imine (C=N–C) groups is 1. The first-order valence-corrected chi connectivity index (χ1v) is 8.11. The van der Waals surface area contributed by atoms with Crippen LogP contribution >= 0.6 is 0 Å². The molecule has 2 aromatic rings. The molecule has 0 amide bonds. The zero-order valence-corrected chi connectivity index (χ0v) is 14.2. The van der Waals surface area contributed by atoms with Crippen LogP contribution in [0, 0.1) is 0 Å².